The van der Waals surface area contributed by atoms with Gasteiger partial charge in [-0.3, -0.25) is 9.59 Å². The van der Waals surface area contributed by atoms with Crippen molar-refractivity contribution in [3.63, 3.8) is 0 Å². The minimum atomic E-state index is -0.829. The van der Waals surface area contributed by atoms with Gasteiger partial charge < -0.3 is 10.0 Å². The number of rotatable bonds is 6. The number of carbonyl (C=O) groups is 2. The molecule has 1 saturated carbocycles. The summed E-state index contributed by atoms with van der Waals surface area (Å²) in [7, 11) is 0. The van der Waals surface area contributed by atoms with Crippen molar-refractivity contribution < 1.29 is 14.7 Å². The quantitative estimate of drug-likeness (QED) is 0.875. The average molecular weight is 289 g/mol. The van der Waals surface area contributed by atoms with Crippen LogP contribution in [0.1, 0.15) is 31.7 Å². The van der Waals surface area contributed by atoms with Gasteiger partial charge in [0.25, 0.3) is 0 Å². The van der Waals surface area contributed by atoms with E-state index in [-0.39, 0.29) is 11.8 Å². The molecule has 2 rings (SSSR count). The zero-order chi connectivity index (χ0) is 15.2. The first kappa shape index (κ1) is 15.5. The summed E-state index contributed by atoms with van der Waals surface area (Å²) in [5, 5.41) is 9.22. The smallest absolute Gasteiger partial charge is 0.307 e. The Morgan fingerprint density at radius 3 is 2.48 bits per heavy atom. The number of nitrogens with zero attached hydrogens (tertiary/aromatic N) is 1. The van der Waals surface area contributed by atoms with Gasteiger partial charge in [0.15, 0.2) is 0 Å². The van der Waals surface area contributed by atoms with Crippen molar-refractivity contribution in [2.24, 2.45) is 11.8 Å². The van der Waals surface area contributed by atoms with Gasteiger partial charge in [0.1, 0.15) is 0 Å². The Labute approximate surface area is 125 Å². The fraction of sp³-hybridized carbons (Fsp3) is 0.529. The van der Waals surface area contributed by atoms with Crippen molar-refractivity contribution in [2.75, 3.05) is 13.1 Å². The van der Waals surface area contributed by atoms with Gasteiger partial charge in [0.2, 0.25) is 5.91 Å². The van der Waals surface area contributed by atoms with E-state index in [1.165, 1.54) is 5.56 Å². The molecule has 1 fully saturated rings. The number of carboxylic acid groups (broad SMARTS) is 1. The van der Waals surface area contributed by atoms with Crippen LogP contribution in [-0.2, 0) is 16.0 Å². The van der Waals surface area contributed by atoms with Gasteiger partial charge in [-0.2, -0.15) is 0 Å². The zero-order valence-corrected chi connectivity index (χ0v) is 12.5. The molecule has 1 N–H and O–H groups in total. The van der Waals surface area contributed by atoms with Crippen molar-refractivity contribution in [2.45, 2.75) is 32.6 Å². The molecule has 0 radical (unpaired) electrons. The van der Waals surface area contributed by atoms with E-state index >= 15 is 0 Å². The molecule has 2 atom stereocenters. The number of likely N-dealkylation sites (N-methyl/N-ethyl adjacent to an activating group) is 1. The molecule has 1 amide bonds. The van der Waals surface area contributed by atoms with E-state index in [0.29, 0.717) is 25.9 Å². The summed E-state index contributed by atoms with van der Waals surface area (Å²) in [6.07, 6.45) is 2.98. The molecule has 0 heterocycles. The van der Waals surface area contributed by atoms with E-state index in [1.807, 2.05) is 37.3 Å². The Morgan fingerprint density at radius 2 is 1.86 bits per heavy atom. The Kier molecular flexibility index (Phi) is 5.37. The molecule has 1 aromatic carbocycles. The highest BCUT2D eigenvalue weighted by Crippen LogP contribution is 2.33. The van der Waals surface area contributed by atoms with E-state index in [2.05, 4.69) is 0 Å². The van der Waals surface area contributed by atoms with Crippen LogP contribution in [0.2, 0.25) is 0 Å². The maximum atomic E-state index is 12.6. The summed E-state index contributed by atoms with van der Waals surface area (Å²) in [6, 6.07) is 10.1. The molecule has 1 aromatic rings. The van der Waals surface area contributed by atoms with Gasteiger partial charge in [0, 0.05) is 13.1 Å². The number of benzene rings is 1. The Hall–Kier alpha value is -1.84. The van der Waals surface area contributed by atoms with Crippen molar-refractivity contribution >= 4 is 11.9 Å². The zero-order valence-electron chi connectivity index (χ0n) is 12.5. The molecule has 1 aliphatic carbocycles. The third-order valence-electron chi connectivity index (χ3n) is 4.36. The number of hydrogen-bond acceptors (Lipinski definition) is 2. The van der Waals surface area contributed by atoms with Gasteiger partial charge in [-0.15, -0.1) is 0 Å². The van der Waals surface area contributed by atoms with E-state index in [0.717, 1.165) is 12.8 Å². The molecule has 4 nitrogen and oxygen atoms in total. The molecule has 0 bridgehead atoms. The summed E-state index contributed by atoms with van der Waals surface area (Å²) >= 11 is 0. The van der Waals surface area contributed by atoms with Gasteiger partial charge in [-0.05, 0) is 31.7 Å². The number of amides is 1. The Morgan fingerprint density at radius 1 is 1.19 bits per heavy atom. The van der Waals surface area contributed by atoms with Gasteiger partial charge in [-0.25, -0.2) is 0 Å². The lowest BCUT2D eigenvalue weighted by molar-refractivity contribution is -0.149. The number of hydrogen-bond donors (Lipinski definition) is 1. The van der Waals surface area contributed by atoms with E-state index in [1.54, 1.807) is 4.90 Å². The first-order valence-electron chi connectivity index (χ1n) is 7.69. The molecule has 0 saturated heterocycles. The highest BCUT2D eigenvalue weighted by atomic mass is 16.4. The first-order valence-corrected chi connectivity index (χ1v) is 7.69. The summed E-state index contributed by atoms with van der Waals surface area (Å²) in [5.74, 6) is -1.65. The highest BCUT2D eigenvalue weighted by molar-refractivity contribution is 5.85. The molecule has 21 heavy (non-hydrogen) atoms. The minimum Gasteiger partial charge on any atom is -0.481 e. The molecular weight excluding hydrogens is 266 g/mol. The molecule has 0 aliphatic heterocycles. The number of carboxylic acids is 1. The SMILES string of the molecule is CCN(CCc1ccccc1)C(=O)C1CCCC1C(=O)O. The minimum absolute atomic E-state index is 0.0123. The third-order valence-corrected chi connectivity index (χ3v) is 4.36. The highest BCUT2D eigenvalue weighted by Gasteiger charge is 2.39. The van der Waals surface area contributed by atoms with Crippen LogP contribution in [-0.4, -0.2) is 35.0 Å². The average Bonchev–Trinajstić information content (AvgIpc) is 2.98. The van der Waals surface area contributed by atoms with E-state index in [9.17, 15) is 14.7 Å². The third kappa shape index (κ3) is 3.84. The largest absolute Gasteiger partial charge is 0.481 e. The predicted octanol–water partition coefficient (Wildman–Crippen LogP) is 2.58. The van der Waals surface area contributed by atoms with Crippen LogP contribution < -0.4 is 0 Å². The maximum Gasteiger partial charge on any atom is 0.307 e. The van der Waals surface area contributed by atoms with Crippen LogP contribution in [0.3, 0.4) is 0 Å². The Bertz CT molecular complexity index is 486. The number of carbonyl (C=O) groups excluding carboxylic acids is 1. The van der Waals surface area contributed by atoms with Crippen LogP contribution in [0.15, 0.2) is 30.3 Å². The van der Waals surface area contributed by atoms with Crippen LogP contribution in [0.25, 0.3) is 0 Å². The van der Waals surface area contributed by atoms with Crippen LogP contribution in [0, 0.1) is 11.8 Å². The topological polar surface area (TPSA) is 57.6 Å². The van der Waals surface area contributed by atoms with Crippen LogP contribution in [0.4, 0.5) is 0 Å². The van der Waals surface area contributed by atoms with Gasteiger partial charge in [0.05, 0.1) is 11.8 Å². The standard InChI is InChI=1S/C17H23NO3/c1-2-18(12-11-13-7-4-3-5-8-13)16(19)14-9-6-10-15(14)17(20)21/h3-5,7-8,14-15H,2,6,9-12H2,1H3,(H,20,21). The lowest BCUT2D eigenvalue weighted by Gasteiger charge is -2.26. The molecule has 114 valence electrons. The summed E-state index contributed by atoms with van der Waals surface area (Å²) < 4.78 is 0. The first-order chi connectivity index (χ1) is 10.1. The lowest BCUT2D eigenvalue weighted by Crippen LogP contribution is -2.40. The molecule has 4 heteroatoms. The van der Waals surface area contributed by atoms with Gasteiger partial charge >= 0.3 is 5.97 Å². The second-order valence-corrected chi connectivity index (χ2v) is 5.64. The van der Waals surface area contributed by atoms with Crippen molar-refractivity contribution in [3.05, 3.63) is 35.9 Å². The lowest BCUT2D eigenvalue weighted by atomic mass is 9.94. The van der Waals surface area contributed by atoms with Crippen molar-refractivity contribution in [1.29, 1.82) is 0 Å². The fourth-order valence-electron chi connectivity index (χ4n) is 3.12. The fourth-order valence-corrected chi connectivity index (χ4v) is 3.12. The second-order valence-electron chi connectivity index (χ2n) is 5.64. The predicted molar refractivity (Wildman–Crippen MR) is 80.9 cm³/mol. The van der Waals surface area contributed by atoms with E-state index < -0.39 is 11.9 Å². The normalized spacial score (nSPS) is 21.2. The monoisotopic (exact) mass is 289 g/mol. The van der Waals surface area contributed by atoms with Crippen LogP contribution >= 0.6 is 0 Å². The summed E-state index contributed by atoms with van der Waals surface area (Å²) in [5.41, 5.74) is 1.20. The molecule has 2 unspecified atom stereocenters. The maximum absolute atomic E-state index is 12.6. The molecular formula is C17H23NO3. The molecule has 1 aliphatic rings. The second kappa shape index (κ2) is 7.25. The number of aliphatic carboxylic acids is 1. The van der Waals surface area contributed by atoms with Crippen molar-refractivity contribution in [1.82, 2.24) is 4.90 Å². The van der Waals surface area contributed by atoms with Crippen LogP contribution in [0.5, 0.6) is 0 Å². The molecule has 0 aromatic heterocycles. The Balaban J connectivity index is 1.96. The molecule has 0 spiro atoms. The summed E-state index contributed by atoms with van der Waals surface area (Å²) in [6.45, 7) is 3.24. The van der Waals surface area contributed by atoms with Gasteiger partial charge in [-0.1, -0.05) is 36.8 Å². The van der Waals surface area contributed by atoms with E-state index in [4.69, 9.17) is 0 Å². The summed E-state index contributed by atoms with van der Waals surface area (Å²) in [4.78, 5) is 25.6. The van der Waals surface area contributed by atoms with Crippen molar-refractivity contribution in [3.8, 4) is 0 Å².